The topological polar surface area (TPSA) is 77.8 Å². The minimum atomic E-state index is -4.47. The Balaban J connectivity index is 2.69. The summed E-state index contributed by atoms with van der Waals surface area (Å²) in [5.41, 5.74) is -0.311. The zero-order valence-electron chi connectivity index (χ0n) is 7.96. The normalized spacial score (nSPS) is 15.6. The maximum Gasteiger partial charge on any atom is 0.360 e. The SMILES string of the molecule is O=S(=O)(O)N1CC=C(F)c2c(O)cccc21. The summed E-state index contributed by atoms with van der Waals surface area (Å²) in [6.07, 6.45) is 0.968. The molecule has 7 heteroatoms. The van der Waals surface area contributed by atoms with Crippen LogP contribution in [0, 0.1) is 0 Å². The van der Waals surface area contributed by atoms with Gasteiger partial charge in [-0.05, 0) is 18.2 Å². The first kappa shape index (κ1) is 10.9. The van der Waals surface area contributed by atoms with E-state index in [-0.39, 0.29) is 23.5 Å². The van der Waals surface area contributed by atoms with Gasteiger partial charge in [-0.2, -0.15) is 8.42 Å². The molecular formula is C9H8FNO4S. The fraction of sp³-hybridized carbons (Fsp3) is 0.111. The Bertz CT molecular complexity index is 567. The molecule has 2 N–H and O–H groups in total. The van der Waals surface area contributed by atoms with Crippen LogP contribution in [0.3, 0.4) is 0 Å². The van der Waals surface area contributed by atoms with E-state index in [0.717, 1.165) is 6.08 Å². The van der Waals surface area contributed by atoms with Gasteiger partial charge in [-0.1, -0.05) is 6.07 Å². The van der Waals surface area contributed by atoms with Crippen molar-refractivity contribution in [1.29, 1.82) is 0 Å². The average Bonchev–Trinajstić information content (AvgIpc) is 2.16. The van der Waals surface area contributed by atoms with E-state index in [0.29, 0.717) is 4.31 Å². The standard InChI is InChI=1S/C9H8FNO4S/c10-6-4-5-11(16(13,14)15)7-2-1-3-8(12)9(6)7/h1-4,12H,5H2,(H,13,14,15). The van der Waals surface area contributed by atoms with Gasteiger partial charge in [0.25, 0.3) is 0 Å². The maximum atomic E-state index is 13.4. The van der Waals surface area contributed by atoms with Gasteiger partial charge in [-0.25, -0.2) is 8.70 Å². The van der Waals surface area contributed by atoms with Crippen molar-refractivity contribution in [2.45, 2.75) is 0 Å². The van der Waals surface area contributed by atoms with Crippen molar-refractivity contribution < 1.29 is 22.5 Å². The summed E-state index contributed by atoms with van der Waals surface area (Å²) in [7, 11) is -4.47. The molecule has 0 saturated heterocycles. The summed E-state index contributed by atoms with van der Waals surface area (Å²) < 4.78 is 45.0. The fourth-order valence-corrected chi connectivity index (χ4v) is 2.23. The van der Waals surface area contributed by atoms with E-state index in [4.69, 9.17) is 4.55 Å². The number of hydrogen-bond acceptors (Lipinski definition) is 3. The third-order valence-corrected chi connectivity index (χ3v) is 3.15. The number of phenolic OH excluding ortho intramolecular Hbond substituents is 1. The molecule has 5 nitrogen and oxygen atoms in total. The molecule has 0 spiro atoms. The quantitative estimate of drug-likeness (QED) is 0.731. The first-order valence-electron chi connectivity index (χ1n) is 4.34. The van der Waals surface area contributed by atoms with E-state index in [1.807, 2.05) is 0 Å². The number of aromatic hydroxyl groups is 1. The molecule has 1 heterocycles. The molecule has 0 aromatic heterocycles. The minimum Gasteiger partial charge on any atom is -0.507 e. The molecule has 0 atom stereocenters. The van der Waals surface area contributed by atoms with E-state index in [2.05, 4.69) is 0 Å². The van der Waals surface area contributed by atoms with Crippen LogP contribution in [-0.2, 0) is 10.3 Å². The second kappa shape index (κ2) is 3.46. The van der Waals surface area contributed by atoms with Gasteiger partial charge >= 0.3 is 10.3 Å². The maximum absolute atomic E-state index is 13.4. The molecule has 2 rings (SSSR count). The largest absolute Gasteiger partial charge is 0.507 e. The van der Waals surface area contributed by atoms with Crippen LogP contribution in [-0.4, -0.2) is 24.6 Å². The van der Waals surface area contributed by atoms with Crippen LogP contribution in [0.15, 0.2) is 24.3 Å². The number of fused-ring (bicyclic) bond motifs is 1. The van der Waals surface area contributed by atoms with Gasteiger partial charge in [-0.3, -0.25) is 4.55 Å². The Morgan fingerprint density at radius 2 is 2.06 bits per heavy atom. The molecule has 1 aromatic rings. The van der Waals surface area contributed by atoms with Crippen molar-refractivity contribution in [3.63, 3.8) is 0 Å². The van der Waals surface area contributed by atoms with E-state index in [1.54, 1.807) is 0 Å². The van der Waals surface area contributed by atoms with Gasteiger partial charge in [0.1, 0.15) is 11.6 Å². The van der Waals surface area contributed by atoms with E-state index < -0.39 is 16.1 Å². The number of anilines is 1. The number of halogens is 1. The molecule has 0 unspecified atom stereocenters. The van der Waals surface area contributed by atoms with Crippen molar-refractivity contribution in [3.8, 4) is 5.75 Å². The van der Waals surface area contributed by atoms with Gasteiger partial charge in [0, 0.05) is 0 Å². The lowest BCUT2D eigenvalue weighted by atomic mass is 10.1. The summed E-state index contributed by atoms with van der Waals surface area (Å²) in [6.45, 7) is -0.304. The zero-order valence-corrected chi connectivity index (χ0v) is 8.78. The number of rotatable bonds is 1. The molecule has 16 heavy (non-hydrogen) atoms. The van der Waals surface area contributed by atoms with E-state index >= 15 is 0 Å². The van der Waals surface area contributed by atoms with Crippen LogP contribution >= 0.6 is 0 Å². The third-order valence-electron chi connectivity index (χ3n) is 2.24. The van der Waals surface area contributed by atoms with Crippen molar-refractivity contribution in [2.75, 3.05) is 10.8 Å². The van der Waals surface area contributed by atoms with Crippen LogP contribution in [0.4, 0.5) is 10.1 Å². The van der Waals surface area contributed by atoms with Crippen LogP contribution in [0.5, 0.6) is 5.75 Å². The first-order chi connectivity index (χ1) is 7.41. The summed E-state index contributed by atoms with van der Waals surface area (Å²) in [5.74, 6) is -1.09. The molecule has 1 aliphatic rings. The Labute approximate surface area is 91.3 Å². The Kier molecular flexibility index (Phi) is 2.36. The lowest BCUT2D eigenvalue weighted by Gasteiger charge is -2.25. The van der Waals surface area contributed by atoms with Crippen LogP contribution in [0.2, 0.25) is 0 Å². The summed E-state index contributed by atoms with van der Waals surface area (Å²) >= 11 is 0. The molecule has 0 fully saturated rings. The molecule has 0 saturated carbocycles. The second-order valence-corrected chi connectivity index (χ2v) is 4.57. The number of nitrogens with zero attached hydrogens (tertiary/aromatic N) is 1. The lowest BCUT2D eigenvalue weighted by Crippen LogP contribution is -2.32. The number of phenols is 1. The van der Waals surface area contributed by atoms with Crippen molar-refractivity contribution in [1.82, 2.24) is 0 Å². The van der Waals surface area contributed by atoms with Crippen LogP contribution in [0.1, 0.15) is 5.56 Å². The summed E-state index contributed by atoms with van der Waals surface area (Å²) in [4.78, 5) is 0. The predicted molar refractivity (Wildman–Crippen MR) is 56.1 cm³/mol. The fourth-order valence-electron chi connectivity index (χ4n) is 1.56. The highest BCUT2D eigenvalue weighted by Gasteiger charge is 2.28. The van der Waals surface area contributed by atoms with Crippen molar-refractivity contribution in [3.05, 3.63) is 29.8 Å². The predicted octanol–water partition coefficient (Wildman–Crippen LogP) is 1.33. The van der Waals surface area contributed by atoms with Crippen LogP contribution in [0.25, 0.3) is 5.83 Å². The lowest BCUT2D eigenvalue weighted by molar-refractivity contribution is 0.470. The average molecular weight is 245 g/mol. The molecular weight excluding hydrogens is 237 g/mol. The summed E-state index contributed by atoms with van der Waals surface area (Å²) in [6, 6.07) is 3.90. The van der Waals surface area contributed by atoms with Crippen molar-refractivity contribution >= 4 is 21.8 Å². The molecule has 0 bridgehead atoms. The zero-order chi connectivity index (χ0) is 11.9. The van der Waals surface area contributed by atoms with Gasteiger partial charge in [0.2, 0.25) is 0 Å². The highest BCUT2D eigenvalue weighted by atomic mass is 32.2. The first-order valence-corrected chi connectivity index (χ1v) is 5.74. The molecule has 0 aliphatic carbocycles. The van der Waals surface area contributed by atoms with Gasteiger partial charge in [0.15, 0.2) is 0 Å². The molecule has 1 aromatic carbocycles. The van der Waals surface area contributed by atoms with Crippen molar-refractivity contribution in [2.24, 2.45) is 0 Å². The Morgan fingerprint density at radius 1 is 1.38 bits per heavy atom. The van der Waals surface area contributed by atoms with Gasteiger partial charge in [0.05, 0.1) is 17.8 Å². The van der Waals surface area contributed by atoms with Gasteiger partial charge < -0.3 is 5.11 Å². The minimum absolute atomic E-state index is 0.0810. The van der Waals surface area contributed by atoms with Gasteiger partial charge in [-0.15, -0.1) is 0 Å². The number of hydrogen-bond donors (Lipinski definition) is 2. The number of benzene rings is 1. The summed E-state index contributed by atoms with van der Waals surface area (Å²) in [5, 5.41) is 9.43. The molecule has 0 amide bonds. The second-order valence-electron chi connectivity index (χ2n) is 3.23. The third kappa shape index (κ3) is 1.63. The van der Waals surface area contributed by atoms with E-state index in [1.165, 1.54) is 18.2 Å². The highest BCUT2D eigenvalue weighted by Crippen LogP contribution is 2.38. The molecule has 1 aliphatic heterocycles. The smallest absolute Gasteiger partial charge is 0.360 e. The molecule has 0 radical (unpaired) electrons. The highest BCUT2D eigenvalue weighted by molar-refractivity contribution is 7.87. The Hall–Kier alpha value is -1.60. The van der Waals surface area contributed by atoms with E-state index in [9.17, 15) is 17.9 Å². The van der Waals surface area contributed by atoms with Crippen LogP contribution < -0.4 is 4.31 Å². The monoisotopic (exact) mass is 245 g/mol. The molecule has 86 valence electrons. The Morgan fingerprint density at radius 3 is 2.69 bits per heavy atom.